The summed E-state index contributed by atoms with van der Waals surface area (Å²) >= 11 is 12.0. The first-order valence-corrected chi connectivity index (χ1v) is 9.61. The van der Waals surface area contributed by atoms with Crippen LogP contribution in [-0.4, -0.2) is 49.4 Å². The Morgan fingerprint density at radius 3 is 2.64 bits per heavy atom. The monoisotopic (exact) mass is 423 g/mol. The summed E-state index contributed by atoms with van der Waals surface area (Å²) in [6.45, 7) is 0. The number of aromatic nitrogens is 1. The first kappa shape index (κ1) is 19.4. The molecule has 2 heterocycles. The van der Waals surface area contributed by atoms with Gasteiger partial charge in [0.2, 0.25) is 0 Å². The molecule has 1 aromatic heterocycles. The average Bonchev–Trinajstić information content (AvgIpc) is 3.25. The molecule has 9 heteroatoms. The summed E-state index contributed by atoms with van der Waals surface area (Å²) in [5, 5.41) is 45.1. The lowest BCUT2D eigenvalue weighted by molar-refractivity contribution is -0.0267. The van der Waals surface area contributed by atoms with Crippen LogP contribution in [0.2, 0.25) is 10.0 Å². The van der Waals surface area contributed by atoms with Crippen LogP contribution in [0.5, 0.6) is 0 Å². The van der Waals surface area contributed by atoms with Gasteiger partial charge in [0.15, 0.2) is 5.84 Å². The zero-order chi connectivity index (χ0) is 20.0. The topological polar surface area (TPSA) is 111 Å². The summed E-state index contributed by atoms with van der Waals surface area (Å²) < 4.78 is 1.86. The minimum atomic E-state index is -1.12. The molecule has 1 aliphatic heterocycles. The van der Waals surface area contributed by atoms with Crippen LogP contribution in [-0.2, 0) is 6.42 Å². The summed E-state index contributed by atoms with van der Waals surface area (Å²) in [6, 6.07) is 6.15. The smallest absolute Gasteiger partial charge is 0.199 e. The molecule has 0 spiro atoms. The molecule has 0 amide bonds. The van der Waals surface area contributed by atoms with E-state index in [0.717, 1.165) is 5.69 Å². The van der Waals surface area contributed by atoms with E-state index in [2.05, 4.69) is 10.1 Å². The molecule has 28 heavy (non-hydrogen) atoms. The maximum absolute atomic E-state index is 10.8. The zero-order valence-electron chi connectivity index (χ0n) is 14.7. The fraction of sp³-hybridized carbons (Fsp3) is 0.368. The third kappa shape index (κ3) is 3.13. The number of halogens is 2. The Bertz CT molecular complexity index is 959. The lowest BCUT2D eigenvalue weighted by Crippen LogP contribution is -2.32. The standard InChI is InChI=1S/C19H19Cl2N3O4/c20-12-2-1-9(7-13(12)21)16(25)11-8-15(18(27)17(11)26)24-6-4-10-14(24)3-5-22-19(10)23-28/h1-2,4-7,11,15-18,25-28H,3,8H2/b23-19+/t11-,15-,16-,17-,18+/m1/s1. The van der Waals surface area contributed by atoms with E-state index < -0.39 is 30.3 Å². The maximum atomic E-state index is 10.8. The van der Waals surface area contributed by atoms with Gasteiger partial charge in [0.1, 0.15) is 6.10 Å². The van der Waals surface area contributed by atoms with Crippen LogP contribution in [0.15, 0.2) is 40.6 Å². The second kappa shape index (κ2) is 7.50. The highest BCUT2D eigenvalue weighted by Gasteiger charge is 2.46. The predicted molar refractivity (Wildman–Crippen MR) is 106 cm³/mol. The molecule has 7 nitrogen and oxygen atoms in total. The number of oxime groups is 1. The lowest BCUT2D eigenvalue weighted by Gasteiger charge is -2.22. The van der Waals surface area contributed by atoms with Crippen molar-refractivity contribution in [2.24, 2.45) is 16.1 Å². The third-order valence-electron chi connectivity index (χ3n) is 5.60. The molecule has 1 fully saturated rings. The Kier molecular flexibility index (Phi) is 5.20. The lowest BCUT2D eigenvalue weighted by atomic mass is 9.92. The number of aliphatic hydroxyl groups excluding tert-OH is 3. The van der Waals surface area contributed by atoms with Crippen molar-refractivity contribution < 1.29 is 20.5 Å². The number of benzene rings is 1. The van der Waals surface area contributed by atoms with Gasteiger partial charge in [-0.15, -0.1) is 0 Å². The van der Waals surface area contributed by atoms with Crippen LogP contribution in [0.25, 0.3) is 0 Å². The fourth-order valence-corrected chi connectivity index (χ4v) is 4.46. The minimum absolute atomic E-state index is 0.209. The average molecular weight is 424 g/mol. The SMILES string of the molecule is O/N=C1/N=CCc2c1ccn2[C@@H]1C[C@H]([C@H](O)c2ccc(Cl)c(Cl)c2)[C@@H](O)[C@H]1O. The van der Waals surface area contributed by atoms with Gasteiger partial charge in [0.25, 0.3) is 0 Å². The van der Waals surface area contributed by atoms with Gasteiger partial charge in [0, 0.05) is 36.0 Å². The van der Waals surface area contributed by atoms with Crippen molar-refractivity contribution in [2.45, 2.75) is 37.2 Å². The summed E-state index contributed by atoms with van der Waals surface area (Å²) in [4.78, 5) is 4.05. The summed E-state index contributed by atoms with van der Waals surface area (Å²) in [5.41, 5.74) is 2.05. The number of hydrogen-bond donors (Lipinski definition) is 4. The quantitative estimate of drug-likeness (QED) is 0.448. The molecule has 1 aromatic carbocycles. The van der Waals surface area contributed by atoms with Crippen LogP contribution >= 0.6 is 23.2 Å². The number of nitrogens with zero attached hydrogens (tertiary/aromatic N) is 3. The van der Waals surface area contributed by atoms with Gasteiger partial charge in [-0.25, -0.2) is 4.99 Å². The van der Waals surface area contributed by atoms with Crippen molar-refractivity contribution in [2.75, 3.05) is 0 Å². The van der Waals surface area contributed by atoms with E-state index in [4.69, 9.17) is 28.4 Å². The molecule has 4 N–H and O–H groups in total. The highest BCUT2D eigenvalue weighted by Crippen LogP contribution is 2.43. The normalized spacial score (nSPS) is 29.2. The van der Waals surface area contributed by atoms with E-state index >= 15 is 0 Å². The number of aliphatic hydroxyl groups is 3. The number of hydrogen-bond acceptors (Lipinski definition) is 5. The molecule has 0 bridgehead atoms. The summed E-state index contributed by atoms with van der Waals surface area (Å²) in [7, 11) is 0. The highest BCUT2D eigenvalue weighted by molar-refractivity contribution is 6.42. The molecule has 1 aliphatic carbocycles. The minimum Gasteiger partial charge on any atom is -0.409 e. The first-order chi connectivity index (χ1) is 13.4. The molecule has 5 atom stereocenters. The van der Waals surface area contributed by atoms with Crippen LogP contribution in [0.3, 0.4) is 0 Å². The molecule has 2 aliphatic rings. The van der Waals surface area contributed by atoms with E-state index in [1.165, 1.54) is 0 Å². The number of amidine groups is 1. The van der Waals surface area contributed by atoms with E-state index in [0.29, 0.717) is 34.0 Å². The Balaban J connectivity index is 1.62. The van der Waals surface area contributed by atoms with Crippen LogP contribution < -0.4 is 0 Å². The third-order valence-corrected chi connectivity index (χ3v) is 6.34. The van der Waals surface area contributed by atoms with Gasteiger partial charge < -0.3 is 25.1 Å². The molecular formula is C19H19Cl2N3O4. The van der Waals surface area contributed by atoms with Crippen LogP contribution in [0.4, 0.5) is 0 Å². The van der Waals surface area contributed by atoms with Crippen molar-refractivity contribution >= 4 is 35.3 Å². The van der Waals surface area contributed by atoms with Gasteiger partial charge in [-0.05, 0) is 30.2 Å². The molecule has 0 radical (unpaired) electrons. The number of rotatable bonds is 3. The van der Waals surface area contributed by atoms with Crippen molar-refractivity contribution in [3.8, 4) is 0 Å². The number of aliphatic imine (C=N–C) groups is 1. The molecule has 1 saturated carbocycles. The second-order valence-electron chi connectivity index (χ2n) is 7.09. The van der Waals surface area contributed by atoms with E-state index in [1.807, 2.05) is 4.57 Å². The van der Waals surface area contributed by atoms with Crippen molar-refractivity contribution in [3.05, 3.63) is 57.3 Å². The summed E-state index contributed by atoms with van der Waals surface area (Å²) in [5.74, 6) is -0.376. The van der Waals surface area contributed by atoms with Gasteiger partial charge >= 0.3 is 0 Å². The molecule has 2 aromatic rings. The highest BCUT2D eigenvalue weighted by atomic mass is 35.5. The number of fused-ring (bicyclic) bond motifs is 1. The van der Waals surface area contributed by atoms with Crippen LogP contribution in [0, 0.1) is 5.92 Å². The van der Waals surface area contributed by atoms with Gasteiger partial charge in [-0.2, -0.15) is 0 Å². The Labute approximate surface area is 171 Å². The Morgan fingerprint density at radius 2 is 1.93 bits per heavy atom. The van der Waals surface area contributed by atoms with Gasteiger partial charge in [0.05, 0.1) is 28.3 Å². The van der Waals surface area contributed by atoms with E-state index in [9.17, 15) is 15.3 Å². The molecule has 0 unspecified atom stereocenters. The molecule has 148 valence electrons. The molecule has 4 rings (SSSR count). The van der Waals surface area contributed by atoms with E-state index in [1.54, 1.807) is 36.7 Å². The predicted octanol–water partition coefficient (Wildman–Crippen LogP) is 2.57. The Morgan fingerprint density at radius 1 is 1.14 bits per heavy atom. The van der Waals surface area contributed by atoms with Gasteiger partial charge in [-0.1, -0.05) is 34.4 Å². The Hall–Kier alpha value is -1.90. The maximum Gasteiger partial charge on any atom is 0.199 e. The molecular weight excluding hydrogens is 405 g/mol. The first-order valence-electron chi connectivity index (χ1n) is 8.86. The van der Waals surface area contributed by atoms with Crippen molar-refractivity contribution in [1.82, 2.24) is 4.57 Å². The van der Waals surface area contributed by atoms with Gasteiger partial charge in [-0.3, -0.25) is 0 Å². The second-order valence-corrected chi connectivity index (χ2v) is 7.90. The van der Waals surface area contributed by atoms with E-state index in [-0.39, 0.29) is 5.84 Å². The van der Waals surface area contributed by atoms with Crippen molar-refractivity contribution in [3.63, 3.8) is 0 Å². The van der Waals surface area contributed by atoms with Crippen molar-refractivity contribution in [1.29, 1.82) is 0 Å². The zero-order valence-corrected chi connectivity index (χ0v) is 16.2. The largest absolute Gasteiger partial charge is 0.409 e. The fourth-order valence-electron chi connectivity index (χ4n) is 4.15. The molecule has 0 saturated heterocycles. The summed E-state index contributed by atoms with van der Waals surface area (Å²) in [6.07, 6.45) is 1.09. The van der Waals surface area contributed by atoms with Crippen LogP contribution in [0.1, 0.15) is 35.4 Å².